The highest BCUT2D eigenvalue weighted by Gasteiger charge is 2.16. The molecular weight excluding hydrogens is 271 g/mol. The van der Waals surface area contributed by atoms with Gasteiger partial charge >= 0.3 is 0 Å². The van der Waals surface area contributed by atoms with E-state index in [0.717, 1.165) is 17.7 Å². The lowest BCUT2D eigenvalue weighted by molar-refractivity contribution is -0.384. The Hall–Kier alpha value is -1.99. The van der Waals surface area contributed by atoms with Gasteiger partial charge < -0.3 is 10.4 Å². The van der Waals surface area contributed by atoms with Crippen LogP contribution in [-0.4, -0.2) is 16.6 Å². The van der Waals surface area contributed by atoms with Crippen LogP contribution in [0.25, 0.3) is 0 Å². The van der Waals surface area contributed by atoms with Gasteiger partial charge in [0.1, 0.15) is 11.5 Å². The maximum Gasteiger partial charge on any atom is 0.295 e. The smallest absolute Gasteiger partial charge is 0.295 e. The van der Waals surface area contributed by atoms with E-state index in [2.05, 4.69) is 5.32 Å². The van der Waals surface area contributed by atoms with Gasteiger partial charge in [-0.05, 0) is 34.5 Å². The SMILES string of the molecule is O=[N+]([O-])c1cc(F)ccc1NC[C@@H](O)c1ccsc1. The fourth-order valence-electron chi connectivity index (χ4n) is 1.59. The standard InChI is InChI=1S/C12H11FN2O3S/c13-9-1-2-10(11(5-9)15(17)18)14-6-12(16)8-3-4-19-7-8/h1-5,7,12,14,16H,6H2/t12-/m1/s1. The third-order valence-corrected chi connectivity index (χ3v) is 3.27. The number of nitrogens with zero attached hydrogens (tertiary/aromatic N) is 1. The highest BCUT2D eigenvalue weighted by molar-refractivity contribution is 7.07. The topological polar surface area (TPSA) is 75.4 Å². The number of rotatable bonds is 5. The highest BCUT2D eigenvalue weighted by atomic mass is 32.1. The number of halogens is 1. The molecule has 2 aromatic rings. The summed E-state index contributed by atoms with van der Waals surface area (Å²) in [6, 6.07) is 5.04. The minimum Gasteiger partial charge on any atom is -0.387 e. The minimum atomic E-state index is -0.768. The van der Waals surface area contributed by atoms with Crippen molar-refractivity contribution in [2.45, 2.75) is 6.10 Å². The van der Waals surface area contributed by atoms with Gasteiger partial charge in [0.05, 0.1) is 17.1 Å². The fraction of sp³-hybridized carbons (Fsp3) is 0.167. The van der Waals surface area contributed by atoms with E-state index in [-0.39, 0.29) is 17.9 Å². The molecule has 0 saturated carbocycles. The molecule has 0 radical (unpaired) electrons. The zero-order valence-corrected chi connectivity index (χ0v) is 10.6. The normalized spacial score (nSPS) is 12.1. The first-order valence-electron chi connectivity index (χ1n) is 5.46. The van der Waals surface area contributed by atoms with E-state index < -0.39 is 16.8 Å². The Balaban J connectivity index is 2.09. The van der Waals surface area contributed by atoms with Gasteiger partial charge in [-0.2, -0.15) is 11.3 Å². The Kier molecular flexibility index (Phi) is 4.08. The number of hydrogen-bond acceptors (Lipinski definition) is 5. The predicted molar refractivity (Wildman–Crippen MR) is 70.8 cm³/mol. The van der Waals surface area contributed by atoms with Gasteiger partial charge in [-0.1, -0.05) is 0 Å². The van der Waals surface area contributed by atoms with Crippen molar-refractivity contribution in [2.75, 3.05) is 11.9 Å². The minimum absolute atomic E-state index is 0.114. The van der Waals surface area contributed by atoms with Crippen LogP contribution in [0.2, 0.25) is 0 Å². The van der Waals surface area contributed by atoms with Gasteiger partial charge in [0, 0.05) is 6.54 Å². The highest BCUT2D eigenvalue weighted by Crippen LogP contribution is 2.26. The maximum atomic E-state index is 12.9. The third-order valence-electron chi connectivity index (χ3n) is 2.57. The first-order valence-corrected chi connectivity index (χ1v) is 6.40. The van der Waals surface area contributed by atoms with Crippen molar-refractivity contribution in [3.05, 3.63) is 56.5 Å². The Morgan fingerprint density at radius 3 is 2.89 bits per heavy atom. The number of aliphatic hydroxyl groups excluding tert-OH is 1. The molecule has 0 aliphatic carbocycles. The quantitative estimate of drug-likeness (QED) is 0.653. The molecule has 7 heteroatoms. The van der Waals surface area contributed by atoms with Gasteiger partial charge in [-0.25, -0.2) is 4.39 Å². The number of nitro benzene ring substituents is 1. The number of hydrogen-bond donors (Lipinski definition) is 2. The van der Waals surface area contributed by atoms with Crippen LogP contribution < -0.4 is 5.32 Å². The van der Waals surface area contributed by atoms with Crippen molar-refractivity contribution in [3.63, 3.8) is 0 Å². The van der Waals surface area contributed by atoms with Crippen LogP contribution in [0.1, 0.15) is 11.7 Å². The van der Waals surface area contributed by atoms with Crippen LogP contribution in [0.3, 0.4) is 0 Å². The summed E-state index contributed by atoms with van der Waals surface area (Å²) in [6.07, 6.45) is -0.768. The summed E-state index contributed by atoms with van der Waals surface area (Å²) in [5, 5.41) is 27.0. The maximum absolute atomic E-state index is 12.9. The van der Waals surface area contributed by atoms with Crippen LogP contribution in [0.4, 0.5) is 15.8 Å². The average molecular weight is 282 g/mol. The number of aliphatic hydroxyl groups is 1. The molecule has 1 atom stereocenters. The van der Waals surface area contributed by atoms with E-state index in [0.29, 0.717) is 0 Å². The molecular formula is C12H11FN2O3S. The largest absolute Gasteiger partial charge is 0.387 e. The lowest BCUT2D eigenvalue weighted by atomic mass is 10.2. The Bertz CT molecular complexity index is 574. The molecule has 2 rings (SSSR count). The molecule has 1 heterocycles. The molecule has 0 saturated heterocycles. The van der Waals surface area contributed by atoms with Gasteiger partial charge in [-0.15, -0.1) is 0 Å². The van der Waals surface area contributed by atoms with E-state index in [1.807, 2.05) is 5.38 Å². The number of nitro groups is 1. The molecule has 0 aliphatic rings. The Morgan fingerprint density at radius 2 is 2.26 bits per heavy atom. The second kappa shape index (κ2) is 5.77. The molecule has 1 aromatic carbocycles. The van der Waals surface area contributed by atoms with Gasteiger partial charge in [0.15, 0.2) is 0 Å². The van der Waals surface area contributed by atoms with Crippen LogP contribution in [-0.2, 0) is 0 Å². The summed E-state index contributed by atoms with van der Waals surface area (Å²) in [5.41, 5.74) is 0.570. The van der Waals surface area contributed by atoms with Crippen molar-refractivity contribution in [1.82, 2.24) is 0 Å². The summed E-state index contributed by atoms with van der Waals surface area (Å²) in [6.45, 7) is 0.114. The Labute approximate surface area is 112 Å². The summed E-state index contributed by atoms with van der Waals surface area (Å²) in [7, 11) is 0. The molecule has 0 aliphatic heterocycles. The molecule has 19 heavy (non-hydrogen) atoms. The van der Waals surface area contributed by atoms with Crippen molar-refractivity contribution >= 4 is 22.7 Å². The first-order chi connectivity index (χ1) is 9.08. The second-order valence-corrected chi connectivity index (χ2v) is 4.65. The summed E-state index contributed by atoms with van der Waals surface area (Å²) < 4.78 is 12.9. The van der Waals surface area contributed by atoms with E-state index in [4.69, 9.17) is 0 Å². The number of thiophene rings is 1. The second-order valence-electron chi connectivity index (χ2n) is 3.87. The summed E-state index contributed by atoms with van der Waals surface area (Å²) >= 11 is 1.45. The van der Waals surface area contributed by atoms with Crippen LogP contribution in [0.15, 0.2) is 35.0 Å². The first kappa shape index (κ1) is 13.4. The molecule has 1 aromatic heterocycles. The molecule has 0 unspecified atom stereocenters. The average Bonchev–Trinajstić information content (AvgIpc) is 2.90. The zero-order valence-electron chi connectivity index (χ0n) is 9.75. The molecule has 0 fully saturated rings. The molecule has 100 valence electrons. The monoisotopic (exact) mass is 282 g/mol. The van der Waals surface area contributed by atoms with Crippen molar-refractivity contribution in [2.24, 2.45) is 0 Å². The number of benzene rings is 1. The molecule has 5 nitrogen and oxygen atoms in total. The molecule has 0 spiro atoms. The predicted octanol–water partition coefficient (Wildman–Crippen LogP) is 2.94. The van der Waals surface area contributed by atoms with Crippen LogP contribution in [0.5, 0.6) is 0 Å². The zero-order chi connectivity index (χ0) is 13.8. The van der Waals surface area contributed by atoms with E-state index >= 15 is 0 Å². The van der Waals surface area contributed by atoms with E-state index in [1.54, 1.807) is 11.4 Å². The van der Waals surface area contributed by atoms with Gasteiger partial charge in [-0.3, -0.25) is 10.1 Å². The van der Waals surface area contributed by atoms with E-state index in [9.17, 15) is 19.6 Å². The summed E-state index contributed by atoms with van der Waals surface area (Å²) in [5.74, 6) is -0.671. The van der Waals surface area contributed by atoms with E-state index in [1.165, 1.54) is 17.4 Å². The number of anilines is 1. The molecule has 0 bridgehead atoms. The molecule has 0 amide bonds. The van der Waals surface area contributed by atoms with Crippen molar-refractivity contribution in [1.29, 1.82) is 0 Å². The Morgan fingerprint density at radius 1 is 1.47 bits per heavy atom. The van der Waals surface area contributed by atoms with Crippen molar-refractivity contribution < 1.29 is 14.4 Å². The van der Waals surface area contributed by atoms with Crippen LogP contribution in [0, 0.1) is 15.9 Å². The molecule has 2 N–H and O–H groups in total. The van der Waals surface area contributed by atoms with Crippen LogP contribution >= 0.6 is 11.3 Å². The van der Waals surface area contributed by atoms with Gasteiger partial charge in [0.2, 0.25) is 0 Å². The lowest BCUT2D eigenvalue weighted by Gasteiger charge is -2.11. The third kappa shape index (κ3) is 3.27. The fourth-order valence-corrected chi connectivity index (χ4v) is 2.30. The lowest BCUT2D eigenvalue weighted by Crippen LogP contribution is -2.12. The van der Waals surface area contributed by atoms with Gasteiger partial charge in [0.25, 0.3) is 5.69 Å². The summed E-state index contributed by atoms with van der Waals surface area (Å²) in [4.78, 5) is 10.1. The number of nitrogens with one attached hydrogen (secondary N) is 1. The van der Waals surface area contributed by atoms with Crippen molar-refractivity contribution in [3.8, 4) is 0 Å².